The zero-order valence-electron chi connectivity index (χ0n) is 24.6. The zero-order chi connectivity index (χ0) is 30.2. The summed E-state index contributed by atoms with van der Waals surface area (Å²) in [7, 11) is 1.56. The number of methoxy groups -OCH3 is 1. The second-order valence-electron chi connectivity index (χ2n) is 11.5. The largest absolute Gasteiger partial charge is 0.497 e. The second-order valence-corrected chi connectivity index (χ2v) is 11.5. The molecule has 1 aliphatic heterocycles. The Morgan fingerprint density at radius 2 is 1.51 bits per heavy atom. The van der Waals surface area contributed by atoms with E-state index in [0.29, 0.717) is 25.2 Å². The minimum atomic E-state index is -1.03. The molecule has 4 atom stereocenters. The molecule has 3 rings (SSSR count). The number of benzene rings is 2. The molecular weight excluding hydrogens is 526 g/mol. The van der Waals surface area contributed by atoms with Gasteiger partial charge < -0.3 is 30.2 Å². The lowest BCUT2D eigenvalue weighted by atomic mass is 9.94. The number of epoxide rings is 1. The van der Waals surface area contributed by atoms with Crippen molar-refractivity contribution < 1.29 is 33.4 Å². The number of nitrogens with one attached hydrogen (secondary N) is 3. The number of amides is 3. The third kappa shape index (κ3) is 9.89. The minimum Gasteiger partial charge on any atom is -0.497 e. The Bertz CT molecular complexity index is 1200. The molecule has 10 heteroatoms. The van der Waals surface area contributed by atoms with Crippen LogP contribution in [0.1, 0.15) is 52.2 Å². The highest BCUT2D eigenvalue weighted by atomic mass is 16.6. The molecule has 0 aromatic heterocycles. The average Bonchev–Trinajstić information content (AvgIpc) is 3.68. The number of Topliss-reactive ketones (excluding diaryl/α,β-unsaturated/α-hetero) is 1. The van der Waals surface area contributed by atoms with Crippen LogP contribution in [0.5, 0.6) is 5.75 Å². The Morgan fingerprint density at radius 1 is 0.902 bits per heavy atom. The van der Waals surface area contributed by atoms with E-state index in [0.717, 1.165) is 11.1 Å². The van der Waals surface area contributed by atoms with Gasteiger partial charge in [-0.1, -0.05) is 42.5 Å². The van der Waals surface area contributed by atoms with Gasteiger partial charge in [-0.2, -0.15) is 0 Å². The molecule has 1 heterocycles. The van der Waals surface area contributed by atoms with Crippen LogP contribution in [0, 0.1) is 0 Å². The number of carbonyl (C=O) groups is 4. The average molecular weight is 568 g/mol. The highest BCUT2D eigenvalue weighted by molar-refractivity contribution is 5.98. The van der Waals surface area contributed by atoms with Crippen molar-refractivity contribution in [1.82, 2.24) is 16.0 Å². The van der Waals surface area contributed by atoms with Crippen LogP contribution in [0.3, 0.4) is 0 Å². The maximum atomic E-state index is 13.7. The normalized spacial score (nSPS) is 18.3. The van der Waals surface area contributed by atoms with Crippen molar-refractivity contribution in [3.63, 3.8) is 0 Å². The molecule has 0 bridgehead atoms. The highest BCUT2D eigenvalue weighted by Crippen LogP contribution is 2.29. The summed E-state index contributed by atoms with van der Waals surface area (Å²) in [6.07, 6.45) is 0.335. The van der Waals surface area contributed by atoms with Crippen LogP contribution in [0.15, 0.2) is 54.6 Å². The molecule has 2 aromatic rings. The third-order valence-corrected chi connectivity index (χ3v) is 6.65. The van der Waals surface area contributed by atoms with Gasteiger partial charge in [0.05, 0.1) is 19.8 Å². The van der Waals surface area contributed by atoms with Gasteiger partial charge in [0, 0.05) is 6.42 Å². The van der Waals surface area contributed by atoms with E-state index in [-0.39, 0.29) is 12.2 Å². The molecule has 2 aromatic carbocycles. The molecule has 1 saturated heterocycles. The van der Waals surface area contributed by atoms with Crippen molar-refractivity contribution in [3.8, 4) is 5.75 Å². The first-order valence-electron chi connectivity index (χ1n) is 13.7. The summed E-state index contributed by atoms with van der Waals surface area (Å²) in [6.45, 7) is 8.65. The molecule has 3 amide bonds. The molecule has 0 spiro atoms. The Hall–Kier alpha value is -3.92. The van der Waals surface area contributed by atoms with Crippen LogP contribution in [-0.4, -0.2) is 66.7 Å². The van der Waals surface area contributed by atoms with Crippen molar-refractivity contribution in [2.45, 2.75) is 83.2 Å². The number of ketones is 1. The van der Waals surface area contributed by atoms with Crippen molar-refractivity contribution in [1.29, 1.82) is 0 Å². The number of aryl methyl sites for hydroxylation is 1. The molecule has 222 valence electrons. The zero-order valence-corrected chi connectivity index (χ0v) is 24.6. The molecule has 0 saturated carbocycles. The Morgan fingerprint density at radius 3 is 2.07 bits per heavy atom. The van der Waals surface area contributed by atoms with Gasteiger partial charge in [-0.15, -0.1) is 0 Å². The lowest BCUT2D eigenvalue weighted by molar-refractivity contribution is -0.133. The second kappa shape index (κ2) is 13.6. The quantitative estimate of drug-likeness (QED) is 0.317. The monoisotopic (exact) mass is 567 g/mol. The first-order chi connectivity index (χ1) is 19.3. The molecule has 1 fully saturated rings. The van der Waals surface area contributed by atoms with E-state index in [1.807, 2.05) is 30.3 Å². The molecule has 3 N–H and O–H groups in total. The van der Waals surface area contributed by atoms with Crippen LogP contribution in [0.4, 0.5) is 4.79 Å². The SMILES string of the molecule is COc1ccc(C[C@H](NC(=O)[C@H](C)NC(=O)OC(C)(C)C)C(=O)N[C@@H](CCc2ccccc2)C(=O)[C@@]2(C)CO2)cc1. The molecule has 0 unspecified atom stereocenters. The van der Waals surface area contributed by atoms with Crippen molar-refractivity contribution in [3.05, 3.63) is 65.7 Å². The van der Waals surface area contributed by atoms with Gasteiger partial charge in [-0.05, 0) is 70.7 Å². The summed E-state index contributed by atoms with van der Waals surface area (Å²) in [6, 6.07) is 14.0. The van der Waals surface area contributed by atoms with Gasteiger partial charge in [0.25, 0.3) is 0 Å². The van der Waals surface area contributed by atoms with Crippen LogP contribution in [-0.2, 0) is 36.7 Å². The van der Waals surface area contributed by atoms with Gasteiger partial charge in [-0.3, -0.25) is 14.4 Å². The van der Waals surface area contributed by atoms with Crippen LogP contribution >= 0.6 is 0 Å². The van der Waals surface area contributed by atoms with E-state index in [9.17, 15) is 19.2 Å². The number of alkyl carbamates (subject to hydrolysis) is 1. The molecule has 41 heavy (non-hydrogen) atoms. The molecule has 0 aliphatic carbocycles. The van der Waals surface area contributed by atoms with Gasteiger partial charge in [0.1, 0.15) is 29.0 Å². The van der Waals surface area contributed by atoms with E-state index >= 15 is 0 Å². The van der Waals surface area contributed by atoms with Gasteiger partial charge in [-0.25, -0.2) is 4.79 Å². The molecule has 1 aliphatic rings. The number of ether oxygens (including phenoxy) is 3. The van der Waals surface area contributed by atoms with Crippen molar-refractivity contribution in [2.75, 3.05) is 13.7 Å². The van der Waals surface area contributed by atoms with E-state index in [1.165, 1.54) is 6.92 Å². The summed E-state index contributed by atoms with van der Waals surface area (Å²) in [4.78, 5) is 52.2. The van der Waals surface area contributed by atoms with E-state index in [2.05, 4.69) is 16.0 Å². The first kappa shape index (κ1) is 31.6. The summed E-state index contributed by atoms with van der Waals surface area (Å²) >= 11 is 0. The summed E-state index contributed by atoms with van der Waals surface area (Å²) in [5.74, 6) is -0.655. The fraction of sp³-hybridized carbons (Fsp3) is 0.484. The number of hydrogen-bond acceptors (Lipinski definition) is 7. The highest BCUT2D eigenvalue weighted by Gasteiger charge is 2.50. The van der Waals surface area contributed by atoms with Gasteiger partial charge >= 0.3 is 6.09 Å². The fourth-order valence-corrected chi connectivity index (χ4v) is 4.17. The van der Waals surface area contributed by atoms with Crippen LogP contribution in [0.25, 0.3) is 0 Å². The Labute approximate surface area is 241 Å². The lowest BCUT2D eigenvalue weighted by Crippen LogP contribution is -2.57. The Balaban J connectivity index is 1.76. The minimum absolute atomic E-state index is 0.147. The number of rotatable bonds is 13. The number of hydrogen-bond donors (Lipinski definition) is 3. The fourth-order valence-electron chi connectivity index (χ4n) is 4.17. The van der Waals surface area contributed by atoms with Gasteiger partial charge in [0.2, 0.25) is 11.8 Å². The number of carbonyl (C=O) groups excluding carboxylic acids is 4. The Kier molecular flexibility index (Phi) is 10.5. The summed E-state index contributed by atoms with van der Waals surface area (Å²) in [5, 5.41) is 8.10. The molecule has 10 nitrogen and oxygen atoms in total. The van der Waals surface area contributed by atoms with Gasteiger partial charge in [0.15, 0.2) is 5.78 Å². The molecule has 0 radical (unpaired) electrons. The molecular formula is C31H41N3O7. The predicted molar refractivity (Wildman–Crippen MR) is 154 cm³/mol. The lowest BCUT2D eigenvalue weighted by Gasteiger charge is -2.26. The standard InChI is InChI=1S/C31H41N3O7/c1-20(32-29(38)41-30(2,3)4)27(36)34-25(18-22-12-15-23(39-6)16-13-22)28(37)33-24(26(35)31(5)19-40-31)17-14-21-10-8-7-9-11-21/h7-13,15-16,20,24-25H,14,17-19H2,1-6H3,(H,32,38)(H,33,37)(H,34,36)/t20-,24-,25-,31+/m0/s1. The van der Waals surface area contributed by atoms with Crippen molar-refractivity contribution in [2.24, 2.45) is 0 Å². The summed E-state index contributed by atoms with van der Waals surface area (Å²) < 4.78 is 15.8. The smallest absolute Gasteiger partial charge is 0.408 e. The third-order valence-electron chi connectivity index (χ3n) is 6.65. The first-order valence-corrected chi connectivity index (χ1v) is 13.7. The van der Waals surface area contributed by atoms with Crippen LogP contribution < -0.4 is 20.7 Å². The maximum absolute atomic E-state index is 13.7. The van der Waals surface area contributed by atoms with E-state index in [1.54, 1.807) is 59.1 Å². The summed E-state index contributed by atoms with van der Waals surface area (Å²) in [5.41, 5.74) is 0.130. The van der Waals surface area contributed by atoms with E-state index < -0.39 is 47.2 Å². The maximum Gasteiger partial charge on any atom is 0.408 e. The predicted octanol–water partition coefficient (Wildman–Crippen LogP) is 3.11. The topological polar surface area (TPSA) is 135 Å². The van der Waals surface area contributed by atoms with E-state index in [4.69, 9.17) is 14.2 Å². The van der Waals surface area contributed by atoms with Crippen LogP contribution in [0.2, 0.25) is 0 Å². The van der Waals surface area contributed by atoms with Crippen molar-refractivity contribution >= 4 is 23.7 Å².